The minimum absolute atomic E-state index is 0.487. The number of imidazole rings is 1. The van der Waals surface area contributed by atoms with E-state index < -0.39 is 0 Å². The quantitative estimate of drug-likeness (QED) is 0.609. The number of halogens is 2. The Kier molecular flexibility index (Phi) is 4.87. The number of hydrogen-bond donors (Lipinski definition) is 1. The lowest BCUT2D eigenvalue weighted by Crippen LogP contribution is -2.23. The number of pyridine rings is 1. The highest BCUT2D eigenvalue weighted by Crippen LogP contribution is 2.30. The molecule has 25 heavy (non-hydrogen) atoms. The molecule has 3 aromatic rings. The number of nitrogens with one attached hydrogen (secondary N) is 1. The third kappa shape index (κ3) is 3.63. The molecule has 0 saturated heterocycles. The fourth-order valence-electron chi connectivity index (χ4n) is 3.63. The fourth-order valence-corrected chi connectivity index (χ4v) is 4.14. The van der Waals surface area contributed by atoms with E-state index in [2.05, 4.69) is 29.6 Å². The number of anilines is 1. The van der Waals surface area contributed by atoms with Gasteiger partial charge in [0.15, 0.2) is 5.65 Å². The summed E-state index contributed by atoms with van der Waals surface area (Å²) in [5.74, 6) is 1.02. The van der Waals surface area contributed by atoms with Gasteiger partial charge < -0.3 is 5.32 Å². The van der Waals surface area contributed by atoms with Crippen molar-refractivity contribution in [3.8, 4) is 0 Å². The molecule has 0 amide bonds. The van der Waals surface area contributed by atoms with Crippen LogP contribution in [0.25, 0.3) is 5.65 Å². The van der Waals surface area contributed by atoms with Gasteiger partial charge in [0.25, 0.3) is 0 Å². The average molecular weight is 374 g/mol. The maximum atomic E-state index is 6.40. The van der Waals surface area contributed by atoms with Gasteiger partial charge in [-0.25, -0.2) is 4.98 Å². The van der Waals surface area contributed by atoms with Gasteiger partial charge in [-0.1, -0.05) is 72.8 Å². The van der Waals surface area contributed by atoms with Crippen LogP contribution < -0.4 is 5.32 Å². The first-order valence-corrected chi connectivity index (χ1v) is 9.63. The Labute approximate surface area is 158 Å². The molecule has 1 fully saturated rings. The molecule has 1 aliphatic rings. The summed E-state index contributed by atoms with van der Waals surface area (Å²) in [7, 11) is 0. The molecule has 4 rings (SSSR count). The summed E-state index contributed by atoms with van der Waals surface area (Å²) in [6.45, 7) is 0. The first-order valence-electron chi connectivity index (χ1n) is 8.87. The Balaban J connectivity index is 1.76. The Bertz CT molecular complexity index is 868. The molecule has 1 aliphatic carbocycles. The molecule has 1 N–H and O–H groups in total. The van der Waals surface area contributed by atoms with Crippen LogP contribution in [0.4, 0.5) is 5.82 Å². The van der Waals surface area contributed by atoms with Gasteiger partial charge in [-0.3, -0.25) is 4.40 Å². The number of aromatic nitrogens is 2. The summed E-state index contributed by atoms with van der Waals surface area (Å²) in [6, 6.07) is 12.6. The van der Waals surface area contributed by atoms with Crippen molar-refractivity contribution in [3.63, 3.8) is 0 Å². The minimum Gasteiger partial charge on any atom is -0.367 e. The maximum absolute atomic E-state index is 6.40. The molecule has 5 heteroatoms. The van der Waals surface area contributed by atoms with E-state index in [0.29, 0.717) is 16.1 Å². The Morgan fingerprint density at radius 1 is 1.08 bits per heavy atom. The molecule has 0 atom stereocenters. The van der Waals surface area contributed by atoms with Crippen LogP contribution in [-0.2, 0) is 6.42 Å². The number of benzene rings is 1. The van der Waals surface area contributed by atoms with Crippen molar-refractivity contribution in [1.82, 2.24) is 9.38 Å². The fraction of sp³-hybridized carbons (Fsp3) is 0.350. The highest BCUT2D eigenvalue weighted by atomic mass is 35.5. The lowest BCUT2D eigenvalue weighted by Gasteiger charge is -2.24. The molecule has 0 spiro atoms. The summed E-state index contributed by atoms with van der Waals surface area (Å²) in [5.41, 5.74) is 3.01. The largest absolute Gasteiger partial charge is 0.367 e. The van der Waals surface area contributed by atoms with Gasteiger partial charge in [-0.15, -0.1) is 0 Å². The highest BCUT2D eigenvalue weighted by Gasteiger charge is 2.20. The standard InChI is InChI=1S/C20H21Cl2N3/c21-15-12-17(22)19-24-18(11-14-7-3-1-4-8-14)20(25(19)13-15)23-16-9-5-2-6-10-16/h1,3-4,7-8,12-13,16,23H,2,5-6,9-11H2. The van der Waals surface area contributed by atoms with Crippen molar-refractivity contribution < 1.29 is 0 Å². The summed E-state index contributed by atoms with van der Waals surface area (Å²) >= 11 is 12.6. The van der Waals surface area contributed by atoms with Gasteiger partial charge in [0.05, 0.1) is 15.7 Å². The van der Waals surface area contributed by atoms with E-state index in [0.717, 1.165) is 23.6 Å². The summed E-state index contributed by atoms with van der Waals surface area (Å²) in [6.07, 6.45) is 8.97. The molecule has 2 heterocycles. The predicted octanol–water partition coefficient (Wildman–Crippen LogP) is 5.98. The van der Waals surface area contributed by atoms with Gasteiger partial charge >= 0.3 is 0 Å². The molecule has 3 nitrogen and oxygen atoms in total. The van der Waals surface area contributed by atoms with E-state index >= 15 is 0 Å². The van der Waals surface area contributed by atoms with Gasteiger partial charge in [-0.2, -0.15) is 0 Å². The van der Waals surface area contributed by atoms with Crippen LogP contribution in [0, 0.1) is 0 Å². The van der Waals surface area contributed by atoms with Crippen LogP contribution in [0.5, 0.6) is 0 Å². The molecule has 1 aromatic carbocycles. The molecule has 0 radical (unpaired) electrons. The van der Waals surface area contributed by atoms with Crippen LogP contribution >= 0.6 is 23.2 Å². The third-order valence-corrected chi connectivity index (χ3v) is 5.36. The number of rotatable bonds is 4. The Morgan fingerprint density at radius 2 is 1.84 bits per heavy atom. The second kappa shape index (κ2) is 7.27. The van der Waals surface area contributed by atoms with Crippen LogP contribution in [0.2, 0.25) is 10.0 Å². The smallest absolute Gasteiger partial charge is 0.157 e. The van der Waals surface area contributed by atoms with Crippen molar-refractivity contribution in [2.45, 2.75) is 44.6 Å². The topological polar surface area (TPSA) is 29.3 Å². The Hall–Kier alpha value is -1.71. The number of hydrogen-bond acceptors (Lipinski definition) is 2. The van der Waals surface area contributed by atoms with Gasteiger partial charge in [0, 0.05) is 18.7 Å². The molecule has 0 bridgehead atoms. The normalized spacial score (nSPS) is 15.6. The molecule has 0 aliphatic heterocycles. The zero-order chi connectivity index (χ0) is 17.2. The van der Waals surface area contributed by atoms with Gasteiger partial charge in [-0.05, 0) is 24.5 Å². The van der Waals surface area contributed by atoms with E-state index in [1.807, 2.05) is 16.7 Å². The van der Waals surface area contributed by atoms with Gasteiger partial charge in [0.1, 0.15) is 5.82 Å². The van der Waals surface area contributed by atoms with Crippen molar-refractivity contribution in [2.75, 3.05) is 5.32 Å². The van der Waals surface area contributed by atoms with Crippen LogP contribution in [0.15, 0.2) is 42.6 Å². The van der Waals surface area contributed by atoms with Crippen LogP contribution in [0.1, 0.15) is 43.4 Å². The predicted molar refractivity (Wildman–Crippen MR) is 105 cm³/mol. The van der Waals surface area contributed by atoms with E-state index in [4.69, 9.17) is 28.2 Å². The summed E-state index contributed by atoms with van der Waals surface area (Å²) < 4.78 is 2.01. The van der Waals surface area contributed by atoms with Gasteiger partial charge in [0.2, 0.25) is 0 Å². The number of fused-ring (bicyclic) bond motifs is 1. The highest BCUT2D eigenvalue weighted by molar-refractivity contribution is 6.36. The SMILES string of the molecule is Clc1cc(Cl)c2nc(Cc3ccccc3)c(NC3CCCCC3)n2c1. The van der Waals surface area contributed by atoms with E-state index in [9.17, 15) is 0 Å². The molecular formula is C20H21Cl2N3. The van der Waals surface area contributed by atoms with Crippen molar-refractivity contribution >= 4 is 34.7 Å². The van der Waals surface area contributed by atoms with E-state index in [1.54, 1.807) is 6.07 Å². The minimum atomic E-state index is 0.487. The lowest BCUT2D eigenvalue weighted by molar-refractivity contribution is 0.461. The molecule has 0 unspecified atom stereocenters. The number of nitrogens with zero attached hydrogens (tertiary/aromatic N) is 2. The van der Waals surface area contributed by atoms with Crippen LogP contribution in [0.3, 0.4) is 0 Å². The van der Waals surface area contributed by atoms with Crippen molar-refractivity contribution in [2.24, 2.45) is 0 Å². The average Bonchev–Trinajstić information content (AvgIpc) is 2.95. The maximum Gasteiger partial charge on any atom is 0.157 e. The summed E-state index contributed by atoms with van der Waals surface area (Å²) in [5, 5.41) is 4.93. The molecule has 2 aromatic heterocycles. The summed E-state index contributed by atoms with van der Waals surface area (Å²) in [4.78, 5) is 4.82. The Morgan fingerprint density at radius 3 is 2.60 bits per heavy atom. The lowest BCUT2D eigenvalue weighted by atomic mass is 9.95. The molecular weight excluding hydrogens is 353 g/mol. The molecule has 130 valence electrons. The van der Waals surface area contributed by atoms with Crippen LogP contribution in [-0.4, -0.2) is 15.4 Å². The van der Waals surface area contributed by atoms with E-state index in [-0.39, 0.29) is 0 Å². The monoisotopic (exact) mass is 373 g/mol. The third-order valence-electron chi connectivity index (χ3n) is 4.87. The second-order valence-electron chi connectivity index (χ2n) is 6.75. The van der Waals surface area contributed by atoms with Crippen molar-refractivity contribution in [3.05, 3.63) is 63.9 Å². The zero-order valence-corrected chi connectivity index (χ0v) is 15.5. The zero-order valence-electron chi connectivity index (χ0n) is 14.0. The first kappa shape index (κ1) is 16.7. The van der Waals surface area contributed by atoms with E-state index in [1.165, 1.54) is 37.7 Å². The first-order chi connectivity index (χ1) is 12.2. The van der Waals surface area contributed by atoms with Crippen molar-refractivity contribution in [1.29, 1.82) is 0 Å². The molecule has 1 saturated carbocycles. The second-order valence-corrected chi connectivity index (χ2v) is 7.59.